The number of amides is 1. The van der Waals surface area contributed by atoms with Crippen LogP contribution in [0.2, 0.25) is 0 Å². The van der Waals surface area contributed by atoms with Crippen LogP contribution in [0.15, 0.2) is 12.1 Å². The van der Waals surface area contributed by atoms with Crippen LogP contribution in [-0.4, -0.2) is 43.7 Å². The molecule has 26 heavy (non-hydrogen) atoms. The minimum absolute atomic E-state index is 0.167. The number of likely N-dealkylation sites (tertiary alicyclic amines) is 1. The lowest BCUT2D eigenvalue weighted by atomic mass is 9.97. The van der Waals surface area contributed by atoms with Crippen LogP contribution in [-0.2, 0) is 0 Å². The van der Waals surface area contributed by atoms with E-state index in [0.29, 0.717) is 31.8 Å². The average Bonchev–Trinajstić information content (AvgIpc) is 3.22. The van der Waals surface area contributed by atoms with Crippen molar-refractivity contribution in [3.63, 3.8) is 0 Å². The predicted octanol–water partition coefficient (Wildman–Crippen LogP) is 2.93. The van der Waals surface area contributed by atoms with Crippen molar-refractivity contribution in [1.82, 2.24) is 24.7 Å². The number of hydrogen-bond donors (Lipinski definition) is 0. The standard InChI is InChI=1S/C16H14F3N5OS/c1-8-20-21-16-24(8)22-14(26-16)9-4-6-23(7-5-9)15(25)10-2-3-11(17)13(19)12(10)18/h2-3,9H,4-7H2,1H3. The fourth-order valence-corrected chi connectivity index (χ4v) is 4.14. The Labute approximate surface area is 150 Å². The van der Waals surface area contributed by atoms with Gasteiger partial charge in [0.15, 0.2) is 23.3 Å². The third-order valence-corrected chi connectivity index (χ3v) is 5.62. The monoisotopic (exact) mass is 381 g/mol. The first-order chi connectivity index (χ1) is 12.5. The maximum Gasteiger partial charge on any atom is 0.256 e. The zero-order chi connectivity index (χ0) is 18.4. The molecule has 4 rings (SSSR count). The number of aryl methyl sites for hydroxylation is 1. The molecule has 1 aliphatic rings. The highest BCUT2D eigenvalue weighted by Gasteiger charge is 2.29. The second kappa shape index (κ2) is 6.35. The van der Waals surface area contributed by atoms with E-state index in [1.807, 2.05) is 6.92 Å². The fraction of sp³-hybridized carbons (Fsp3) is 0.375. The molecular weight excluding hydrogens is 367 g/mol. The molecule has 1 aromatic carbocycles. The van der Waals surface area contributed by atoms with Crippen LogP contribution in [0.3, 0.4) is 0 Å². The molecule has 0 N–H and O–H groups in total. The quantitative estimate of drug-likeness (QED) is 0.641. The maximum absolute atomic E-state index is 13.8. The first kappa shape index (κ1) is 17.0. The summed E-state index contributed by atoms with van der Waals surface area (Å²) in [7, 11) is 0. The van der Waals surface area contributed by atoms with Gasteiger partial charge in [0.1, 0.15) is 5.01 Å². The number of rotatable bonds is 2. The highest BCUT2D eigenvalue weighted by molar-refractivity contribution is 7.16. The van der Waals surface area contributed by atoms with Crippen LogP contribution < -0.4 is 0 Å². The molecule has 0 aliphatic carbocycles. The Morgan fingerprint density at radius 3 is 2.58 bits per heavy atom. The van der Waals surface area contributed by atoms with Crippen LogP contribution >= 0.6 is 11.3 Å². The summed E-state index contributed by atoms with van der Waals surface area (Å²) < 4.78 is 41.9. The molecule has 0 radical (unpaired) electrons. The van der Waals surface area contributed by atoms with Crippen molar-refractivity contribution in [3.8, 4) is 0 Å². The van der Waals surface area contributed by atoms with Crippen LogP contribution in [0.4, 0.5) is 13.2 Å². The van der Waals surface area contributed by atoms with Gasteiger partial charge in [-0.1, -0.05) is 11.3 Å². The Hall–Kier alpha value is -2.49. The number of hydrogen-bond acceptors (Lipinski definition) is 5. The van der Waals surface area contributed by atoms with E-state index < -0.39 is 28.9 Å². The van der Waals surface area contributed by atoms with Crippen LogP contribution in [0, 0.1) is 24.4 Å². The van der Waals surface area contributed by atoms with E-state index in [-0.39, 0.29) is 5.92 Å². The van der Waals surface area contributed by atoms with E-state index in [9.17, 15) is 18.0 Å². The number of fused-ring (bicyclic) bond motifs is 1. The van der Waals surface area contributed by atoms with Gasteiger partial charge >= 0.3 is 0 Å². The fourth-order valence-electron chi connectivity index (χ4n) is 3.09. The number of aromatic nitrogens is 4. The molecule has 3 aromatic rings. The summed E-state index contributed by atoms with van der Waals surface area (Å²) in [6.07, 6.45) is 1.31. The van der Waals surface area contributed by atoms with Crippen molar-refractivity contribution in [2.45, 2.75) is 25.7 Å². The second-order valence-electron chi connectivity index (χ2n) is 6.17. The van der Waals surface area contributed by atoms with Crippen molar-refractivity contribution in [3.05, 3.63) is 46.0 Å². The van der Waals surface area contributed by atoms with Gasteiger partial charge in [-0.2, -0.15) is 9.61 Å². The highest BCUT2D eigenvalue weighted by atomic mass is 32.1. The third kappa shape index (κ3) is 2.74. The summed E-state index contributed by atoms with van der Waals surface area (Å²) in [5.74, 6) is -4.13. The summed E-state index contributed by atoms with van der Waals surface area (Å²) in [6, 6.07) is 1.74. The summed E-state index contributed by atoms with van der Waals surface area (Å²) in [5.41, 5.74) is -0.447. The molecule has 0 unspecified atom stereocenters. The smallest absolute Gasteiger partial charge is 0.256 e. The minimum atomic E-state index is -1.62. The molecule has 1 saturated heterocycles. The van der Waals surface area contributed by atoms with E-state index in [2.05, 4.69) is 15.3 Å². The first-order valence-electron chi connectivity index (χ1n) is 8.07. The van der Waals surface area contributed by atoms with Gasteiger partial charge in [0.25, 0.3) is 5.91 Å². The van der Waals surface area contributed by atoms with Gasteiger partial charge in [0, 0.05) is 19.0 Å². The van der Waals surface area contributed by atoms with E-state index in [0.717, 1.165) is 22.1 Å². The summed E-state index contributed by atoms with van der Waals surface area (Å²) in [6.45, 7) is 2.60. The molecule has 3 heterocycles. The molecule has 0 atom stereocenters. The topological polar surface area (TPSA) is 63.4 Å². The summed E-state index contributed by atoms with van der Waals surface area (Å²) in [5, 5.41) is 13.4. The van der Waals surface area contributed by atoms with Gasteiger partial charge in [0.05, 0.1) is 5.56 Å². The Bertz CT molecular complexity index is 993. The van der Waals surface area contributed by atoms with Gasteiger partial charge in [-0.25, -0.2) is 13.2 Å². The molecule has 0 spiro atoms. The van der Waals surface area contributed by atoms with Crippen molar-refractivity contribution in [1.29, 1.82) is 0 Å². The largest absolute Gasteiger partial charge is 0.339 e. The predicted molar refractivity (Wildman–Crippen MR) is 87.6 cm³/mol. The third-order valence-electron chi connectivity index (χ3n) is 4.56. The normalized spacial score (nSPS) is 15.8. The number of benzene rings is 1. The molecule has 136 valence electrons. The van der Waals surface area contributed by atoms with Crippen molar-refractivity contribution in [2.75, 3.05) is 13.1 Å². The molecule has 10 heteroatoms. The Morgan fingerprint density at radius 2 is 1.88 bits per heavy atom. The summed E-state index contributed by atoms with van der Waals surface area (Å²) in [4.78, 5) is 14.6. The van der Waals surface area contributed by atoms with E-state index in [4.69, 9.17) is 0 Å². The molecule has 0 bridgehead atoms. The van der Waals surface area contributed by atoms with Gasteiger partial charge in [-0.15, -0.1) is 10.2 Å². The Balaban J connectivity index is 1.48. The second-order valence-corrected chi connectivity index (χ2v) is 7.16. The van der Waals surface area contributed by atoms with Gasteiger partial charge in [-0.05, 0) is 31.9 Å². The maximum atomic E-state index is 13.8. The van der Waals surface area contributed by atoms with Gasteiger partial charge in [-0.3, -0.25) is 4.79 Å². The lowest BCUT2D eigenvalue weighted by Crippen LogP contribution is -2.38. The number of halogens is 3. The number of nitrogens with zero attached hydrogens (tertiary/aromatic N) is 5. The number of carbonyl (C=O) groups excluding carboxylic acids is 1. The molecule has 1 amide bonds. The zero-order valence-corrected chi connectivity index (χ0v) is 14.6. The highest BCUT2D eigenvalue weighted by Crippen LogP contribution is 2.32. The van der Waals surface area contributed by atoms with E-state index in [1.165, 1.54) is 16.2 Å². The Morgan fingerprint density at radius 1 is 1.15 bits per heavy atom. The number of carbonyl (C=O) groups is 1. The van der Waals surface area contributed by atoms with Crippen LogP contribution in [0.5, 0.6) is 0 Å². The minimum Gasteiger partial charge on any atom is -0.339 e. The Kier molecular flexibility index (Phi) is 4.14. The van der Waals surface area contributed by atoms with E-state index in [1.54, 1.807) is 4.52 Å². The molecule has 2 aromatic heterocycles. The van der Waals surface area contributed by atoms with Gasteiger partial charge in [0.2, 0.25) is 4.96 Å². The van der Waals surface area contributed by atoms with Crippen molar-refractivity contribution >= 4 is 22.2 Å². The van der Waals surface area contributed by atoms with Crippen molar-refractivity contribution in [2.24, 2.45) is 0 Å². The first-order valence-corrected chi connectivity index (χ1v) is 8.89. The molecular formula is C16H14F3N5OS. The van der Waals surface area contributed by atoms with Crippen LogP contribution in [0.25, 0.3) is 4.96 Å². The SMILES string of the molecule is Cc1nnc2sc(C3CCN(C(=O)c4ccc(F)c(F)c4F)CC3)nn12. The molecule has 6 nitrogen and oxygen atoms in total. The molecule has 1 fully saturated rings. The molecule has 0 saturated carbocycles. The molecule has 1 aliphatic heterocycles. The van der Waals surface area contributed by atoms with E-state index >= 15 is 0 Å². The van der Waals surface area contributed by atoms with Crippen molar-refractivity contribution < 1.29 is 18.0 Å². The average molecular weight is 381 g/mol. The van der Waals surface area contributed by atoms with Crippen LogP contribution in [0.1, 0.15) is 39.9 Å². The zero-order valence-electron chi connectivity index (χ0n) is 13.7. The lowest BCUT2D eigenvalue weighted by molar-refractivity contribution is 0.0706. The van der Waals surface area contributed by atoms with Gasteiger partial charge < -0.3 is 4.90 Å². The summed E-state index contributed by atoms with van der Waals surface area (Å²) >= 11 is 1.46. The number of piperidine rings is 1. The lowest BCUT2D eigenvalue weighted by Gasteiger charge is -2.31.